The van der Waals surface area contributed by atoms with Gasteiger partial charge in [0.15, 0.2) is 11.6 Å². The Labute approximate surface area is 238 Å². The molecule has 1 saturated carbocycles. The van der Waals surface area contributed by atoms with Crippen molar-refractivity contribution in [3.05, 3.63) is 83.7 Å². The second kappa shape index (κ2) is 11.4. The Bertz CT molecular complexity index is 1530. The first-order chi connectivity index (χ1) is 19.9. The van der Waals surface area contributed by atoms with Crippen LogP contribution in [0, 0.1) is 18.6 Å². The van der Waals surface area contributed by atoms with E-state index in [0.29, 0.717) is 30.5 Å². The summed E-state index contributed by atoms with van der Waals surface area (Å²) in [7, 11) is 1.85. The van der Waals surface area contributed by atoms with E-state index in [1.165, 1.54) is 31.4 Å². The van der Waals surface area contributed by atoms with Crippen LogP contribution in [0.5, 0.6) is 0 Å². The molecular weight excluding hydrogens is 524 g/mol. The molecule has 4 aromatic rings. The molecule has 41 heavy (non-hydrogen) atoms. The summed E-state index contributed by atoms with van der Waals surface area (Å²) in [4.78, 5) is 16.0. The number of carbonyl (C=O) groups is 1. The predicted octanol–water partition coefficient (Wildman–Crippen LogP) is 5.78. The molecule has 2 atom stereocenters. The summed E-state index contributed by atoms with van der Waals surface area (Å²) in [6.07, 6.45) is 9.51. The van der Waals surface area contributed by atoms with Gasteiger partial charge in [0.25, 0.3) is 0 Å². The average Bonchev–Trinajstić information content (AvgIpc) is 3.69. The van der Waals surface area contributed by atoms with Crippen molar-refractivity contribution >= 4 is 11.8 Å². The SMILES string of the molecule is Cc1c(-c2cnn(C)c2)nn(-c2ccccc2)c1NC(=O)N[C@@H]1CN(C2CCCCC2)C[C@H]1c1ccc(F)c(F)c1. The minimum atomic E-state index is -0.868. The third kappa shape index (κ3) is 5.61. The minimum absolute atomic E-state index is 0.163. The first-order valence-electron chi connectivity index (χ1n) is 14.3. The van der Waals surface area contributed by atoms with E-state index in [9.17, 15) is 13.6 Å². The lowest BCUT2D eigenvalue weighted by molar-refractivity contribution is 0.186. The fourth-order valence-corrected chi connectivity index (χ4v) is 6.33. The number of aryl methyl sites for hydroxylation is 1. The number of likely N-dealkylation sites (tertiary alicyclic amines) is 1. The van der Waals surface area contributed by atoms with Crippen LogP contribution in [0.4, 0.5) is 19.4 Å². The number of aromatic nitrogens is 4. The molecule has 0 radical (unpaired) electrons. The Kier molecular flexibility index (Phi) is 7.57. The topological polar surface area (TPSA) is 80.0 Å². The Hall–Kier alpha value is -4.05. The van der Waals surface area contributed by atoms with E-state index in [0.717, 1.165) is 35.3 Å². The van der Waals surface area contributed by atoms with Crippen molar-refractivity contribution in [2.75, 3.05) is 18.4 Å². The zero-order valence-electron chi connectivity index (χ0n) is 23.4. The number of halogens is 2. The molecule has 1 aliphatic carbocycles. The molecule has 0 spiro atoms. The number of nitrogens with zero attached hydrogens (tertiary/aromatic N) is 5. The fraction of sp³-hybridized carbons (Fsp3) is 0.387. The summed E-state index contributed by atoms with van der Waals surface area (Å²) < 4.78 is 31.5. The molecule has 2 fully saturated rings. The Balaban J connectivity index is 1.28. The van der Waals surface area contributed by atoms with Crippen LogP contribution in [0.15, 0.2) is 60.9 Å². The molecule has 2 amide bonds. The van der Waals surface area contributed by atoms with Gasteiger partial charge in [-0.15, -0.1) is 0 Å². The minimum Gasteiger partial charge on any atom is -0.333 e. The molecule has 0 unspecified atom stereocenters. The van der Waals surface area contributed by atoms with Gasteiger partial charge in [-0.2, -0.15) is 10.2 Å². The molecule has 6 rings (SSSR count). The van der Waals surface area contributed by atoms with Gasteiger partial charge in [0.2, 0.25) is 0 Å². The van der Waals surface area contributed by atoms with Crippen LogP contribution in [0.2, 0.25) is 0 Å². The fourth-order valence-electron chi connectivity index (χ4n) is 6.33. The van der Waals surface area contributed by atoms with Crippen LogP contribution < -0.4 is 10.6 Å². The summed E-state index contributed by atoms with van der Waals surface area (Å²) in [5.41, 5.74) is 3.88. The quantitative estimate of drug-likeness (QED) is 0.314. The number of rotatable bonds is 6. The molecule has 2 aromatic carbocycles. The number of anilines is 1. The lowest BCUT2D eigenvalue weighted by atomic mass is 9.93. The highest BCUT2D eigenvalue weighted by Gasteiger charge is 2.38. The number of nitrogens with one attached hydrogen (secondary N) is 2. The van der Waals surface area contributed by atoms with Crippen molar-refractivity contribution in [2.45, 2.75) is 57.0 Å². The molecule has 1 aliphatic heterocycles. The van der Waals surface area contributed by atoms with E-state index in [-0.39, 0.29) is 18.0 Å². The Morgan fingerprint density at radius 3 is 2.49 bits per heavy atom. The summed E-state index contributed by atoms with van der Waals surface area (Å²) in [6.45, 7) is 3.27. The molecular formula is C31H35F2N7O. The number of benzene rings is 2. The van der Waals surface area contributed by atoms with Crippen LogP contribution >= 0.6 is 0 Å². The largest absolute Gasteiger partial charge is 0.333 e. The third-order valence-corrected chi connectivity index (χ3v) is 8.46. The van der Waals surface area contributed by atoms with Crippen molar-refractivity contribution in [2.24, 2.45) is 7.05 Å². The maximum Gasteiger partial charge on any atom is 0.320 e. The van der Waals surface area contributed by atoms with Gasteiger partial charge in [0.05, 0.1) is 17.9 Å². The maximum atomic E-state index is 14.3. The predicted molar refractivity (Wildman–Crippen MR) is 154 cm³/mol. The average molecular weight is 560 g/mol. The van der Waals surface area contributed by atoms with E-state index < -0.39 is 11.6 Å². The summed E-state index contributed by atoms with van der Waals surface area (Å²) in [6, 6.07) is 13.5. The molecule has 10 heteroatoms. The smallest absolute Gasteiger partial charge is 0.320 e. The van der Waals surface area contributed by atoms with Crippen molar-refractivity contribution in [1.82, 2.24) is 29.8 Å². The summed E-state index contributed by atoms with van der Waals surface area (Å²) >= 11 is 0. The number of urea groups is 1. The highest BCUT2D eigenvalue weighted by molar-refractivity contribution is 5.91. The van der Waals surface area contributed by atoms with E-state index in [4.69, 9.17) is 5.10 Å². The lowest BCUT2D eigenvalue weighted by Crippen LogP contribution is -2.43. The lowest BCUT2D eigenvalue weighted by Gasteiger charge is -2.31. The zero-order chi connectivity index (χ0) is 28.5. The molecule has 0 bridgehead atoms. The van der Waals surface area contributed by atoms with Crippen LogP contribution in [-0.2, 0) is 7.05 Å². The van der Waals surface area contributed by atoms with Crippen LogP contribution in [-0.4, -0.2) is 55.7 Å². The van der Waals surface area contributed by atoms with E-state index in [1.54, 1.807) is 21.6 Å². The zero-order valence-corrected chi connectivity index (χ0v) is 23.4. The molecule has 3 heterocycles. The van der Waals surface area contributed by atoms with Gasteiger partial charge in [-0.25, -0.2) is 18.3 Å². The maximum absolute atomic E-state index is 14.3. The van der Waals surface area contributed by atoms with Crippen molar-refractivity contribution in [3.63, 3.8) is 0 Å². The first kappa shape index (κ1) is 27.1. The van der Waals surface area contributed by atoms with Gasteiger partial charge in [-0.05, 0) is 49.6 Å². The molecule has 2 aliphatic rings. The molecule has 1 saturated heterocycles. The second-order valence-electron chi connectivity index (χ2n) is 11.2. The van der Waals surface area contributed by atoms with E-state index in [1.807, 2.05) is 50.5 Å². The molecule has 2 N–H and O–H groups in total. The van der Waals surface area contributed by atoms with Crippen molar-refractivity contribution < 1.29 is 13.6 Å². The molecule has 2 aromatic heterocycles. The van der Waals surface area contributed by atoms with Crippen molar-refractivity contribution in [1.29, 1.82) is 0 Å². The summed E-state index contributed by atoms with van der Waals surface area (Å²) in [5, 5.41) is 15.4. The van der Waals surface area contributed by atoms with Gasteiger partial charge < -0.3 is 5.32 Å². The van der Waals surface area contributed by atoms with Gasteiger partial charge in [-0.3, -0.25) is 14.9 Å². The molecule has 8 nitrogen and oxygen atoms in total. The Morgan fingerprint density at radius 2 is 1.78 bits per heavy atom. The second-order valence-corrected chi connectivity index (χ2v) is 11.2. The number of hydrogen-bond acceptors (Lipinski definition) is 4. The summed E-state index contributed by atoms with van der Waals surface area (Å²) in [5.74, 6) is -1.35. The van der Waals surface area contributed by atoms with Gasteiger partial charge >= 0.3 is 6.03 Å². The van der Waals surface area contributed by atoms with E-state index >= 15 is 0 Å². The van der Waals surface area contributed by atoms with E-state index in [2.05, 4.69) is 20.6 Å². The van der Waals surface area contributed by atoms with Gasteiger partial charge in [0, 0.05) is 49.4 Å². The third-order valence-electron chi connectivity index (χ3n) is 8.46. The van der Waals surface area contributed by atoms with Crippen LogP contribution in [0.3, 0.4) is 0 Å². The number of hydrogen-bond donors (Lipinski definition) is 2. The van der Waals surface area contributed by atoms with Crippen LogP contribution in [0.1, 0.15) is 49.1 Å². The van der Waals surface area contributed by atoms with Crippen LogP contribution in [0.25, 0.3) is 16.9 Å². The number of para-hydroxylation sites is 1. The molecule has 214 valence electrons. The van der Waals surface area contributed by atoms with Gasteiger partial charge in [-0.1, -0.05) is 43.5 Å². The monoisotopic (exact) mass is 559 g/mol. The van der Waals surface area contributed by atoms with Crippen molar-refractivity contribution in [3.8, 4) is 16.9 Å². The highest BCUT2D eigenvalue weighted by atomic mass is 19.2. The number of carbonyl (C=O) groups excluding carboxylic acids is 1. The number of amides is 2. The normalized spacial score (nSPS) is 19.9. The standard InChI is InChI=1S/C31H35F2N7O/c1-20-29(22-16-34-38(2)17-22)37-40(24-11-7-4-8-12-24)30(20)36-31(41)35-28-19-39(23-9-5-3-6-10-23)18-25(28)21-13-14-26(32)27(33)15-21/h4,7-8,11-17,23,25,28H,3,5-6,9-10,18-19H2,1-2H3,(H2,35,36,41)/t25-,28+/m0/s1. The highest BCUT2D eigenvalue weighted by Crippen LogP contribution is 2.34. The first-order valence-corrected chi connectivity index (χ1v) is 14.3. The Morgan fingerprint density at radius 1 is 1.00 bits per heavy atom. The van der Waals surface area contributed by atoms with Gasteiger partial charge in [0.1, 0.15) is 11.5 Å².